The second kappa shape index (κ2) is 8.74. The number of fused-ring (bicyclic) bond motifs is 3. The molecule has 2 unspecified atom stereocenters. The van der Waals surface area contributed by atoms with Gasteiger partial charge in [0.2, 0.25) is 0 Å². The third kappa shape index (κ3) is 4.11. The Balaban J connectivity index is 1.44. The maximum absolute atomic E-state index is 11.8. The molecule has 0 amide bonds. The normalized spacial score (nSPS) is 23.7. The second-order valence-electron chi connectivity index (χ2n) is 9.10. The summed E-state index contributed by atoms with van der Waals surface area (Å²) in [7, 11) is 1.84. The van der Waals surface area contributed by atoms with E-state index in [1.54, 1.807) is 4.90 Å². The smallest absolute Gasteiger partial charge is 0.153 e. The Bertz CT molecular complexity index is 1160. The lowest BCUT2D eigenvalue weighted by atomic mass is 9.96. The molecule has 5 rings (SSSR count). The number of nitrogens with zero attached hydrogens (tertiary/aromatic N) is 5. The average Bonchev–Trinajstić information content (AvgIpc) is 3.30. The number of carbonyl (C=O) groups excluding carboxylic acids is 1. The Morgan fingerprint density at radius 1 is 1.24 bits per heavy atom. The molecule has 0 aliphatic carbocycles. The van der Waals surface area contributed by atoms with Gasteiger partial charge < -0.3 is 15.5 Å². The third-order valence-corrected chi connectivity index (χ3v) is 6.90. The minimum absolute atomic E-state index is 0.289. The number of piperidine rings is 1. The van der Waals surface area contributed by atoms with E-state index in [-0.39, 0.29) is 6.04 Å². The molecule has 2 atom stereocenters. The fourth-order valence-corrected chi connectivity index (χ4v) is 5.41. The minimum Gasteiger partial charge on any atom is -0.367 e. The van der Waals surface area contributed by atoms with Crippen LogP contribution in [0.4, 0.5) is 17.5 Å². The van der Waals surface area contributed by atoms with Crippen LogP contribution in [0.3, 0.4) is 0 Å². The zero-order chi connectivity index (χ0) is 22.9. The van der Waals surface area contributed by atoms with Gasteiger partial charge in [-0.15, -0.1) is 0 Å². The summed E-state index contributed by atoms with van der Waals surface area (Å²) in [6.07, 6.45) is 8.85. The fraction of sp³-hybridized carbons (Fsp3) is 0.458. The van der Waals surface area contributed by atoms with Gasteiger partial charge in [0.05, 0.1) is 6.07 Å². The zero-order valence-electron chi connectivity index (χ0n) is 18.9. The van der Waals surface area contributed by atoms with Gasteiger partial charge in [-0.25, -0.2) is 9.78 Å². The molecule has 2 aromatic heterocycles. The van der Waals surface area contributed by atoms with Crippen LogP contribution in [-0.2, 0) is 4.79 Å². The fourth-order valence-electron chi connectivity index (χ4n) is 5.41. The molecule has 0 saturated carbocycles. The van der Waals surface area contributed by atoms with Crippen LogP contribution in [0.25, 0.3) is 11.8 Å². The monoisotopic (exact) mass is 444 g/mol. The van der Waals surface area contributed by atoms with Crippen LogP contribution < -0.4 is 10.6 Å². The second-order valence-corrected chi connectivity index (χ2v) is 9.10. The van der Waals surface area contributed by atoms with E-state index in [2.05, 4.69) is 37.7 Å². The van der Waals surface area contributed by atoms with E-state index >= 15 is 0 Å². The summed E-state index contributed by atoms with van der Waals surface area (Å²) in [4.78, 5) is 20.9. The van der Waals surface area contributed by atoms with Crippen LogP contribution in [0.5, 0.6) is 0 Å². The molecule has 5 heterocycles. The number of aromatic amines is 1. The summed E-state index contributed by atoms with van der Waals surface area (Å²) >= 11 is 0. The molecule has 9 heteroatoms. The molecule has 2 saturated heterocycles. The molecule has 170 valence electrons. The predicted octanol–water partition coefficient (Wildman–Crippen LogP) is 3.27. The maximum Gasteiger partial charge on any atom is 0.153 e. The van der Waals surface area contributed by atoms with Gasteiger partial charge in [0.15, 0.2) is 11.8 Å². The third-order valence-electron chi connectivity index (χ3n) is 6.90. The predicted molar refractivity (Wildman–Crippen MR) is 127 cm³/mol. The van der Waals surface area contributed by atoms with Gasteiger partial charge in [-0.2, -0.15) is 10.4 Å². The summed E-state index contributed by atoms with van der Waals surface area (Å²) in [5.74, 6) is 4.14. The zero-order valence-corrected chi connectivity index (χ0v) is 18.9. The highest BCUT2D eigenvalue weighted by molar-refractivity contribution is 5.95. The van der Waals surface area contributed by atoms with Crippen molar-refractivity contribution in [3.63, 3.8) is 0 Å². The van der Waals surface area contributed by atoms with Crippen LogP contribution in [0.2, 0.25) is 0 Å². The summed E-state index contributed by atoms with van der Waals surface area (Å²) in [6, 6.07) is 7.36. The maximum atomic E-state index is 11.8. The highest BCUT2D eigenvalue weighted by Gasteiger charge is 2.40. The van der Waals surface area contributed by atoms with Gasteiger partial charge in [-0.1, -0.05) is 0 Å². The highest BCUT2D eigenvalue weighted by Crippen LogP contribution is 2.39. The highest BCUT2D eigenvalue weighted by atomic mass is 16.1. The molecule has 0 aromatic carbocycles. The minimum atomic E-state index is 0.289. The number of aromatic nitrogens is 3. The molecule has 33 heavy (non-hydrogen) atoms. The quantitative estimate of drug-likeness (QED) is 0.582. The number of nitriles is 1. The van der Waals surface area contributed by atoms with Crippen molar-refractivity contribution in [2.45, 2.75) is 57.2 Å². The SMILES string of the molecule is Cc1cc(Nc2cc3c(c(NC4CC5CCC(C4)N5CCC#N)n2)C=CN(C)C3=C=O)n[nH]1. The molecular formula is C24H28N8O. The standard InChI is InChI=1S/C24H28N8O/c1-15-10-23(30-29-15)27-22-13-20-19(6-9-31(2)21(20)14-33)24(28-22)26-16-11-17-4-5-18(12-16)32(17)8-3-7-25/h6,9-10,13,16-18H,3-5,8,11-12H2,1-2H3,(H3,26,27,28,29,30). The van der Waals surface area contributed by atoms with Crippen molar-refractivity contribution in [1.29, 1.82) is 5.26 Å². The van der Waals surface area contributed by atoms with E-state index in [9.17, 15) is 4.79 Å². The molecule has 2 fully saturated rings. The molecule has 0 radical (unpaired) electrons. The lowest BCUT2D eigenvalue weighted by molar-refractivity contribution is 0.135. The van der Waals surface area contributed by atoms with Crippen LogP contribution in [-0.4, -0.2) is 62.6 Å². The molecular weight excluding hydrogens is 416 g/mol. The Labute approximate surface area is 193 Å². The van der Waals surface area contributed by atoms with Crippen molar-refractivity contribution in [2.75, 3.05) is 24.2 Å². The lowest BCUT2D eigenvalue weighted by Gasteiger charge is -2.39. The summed E-state index contributed by atoms with van der Waals surface area (Å²) in [5.41, 5.74) is 3.11. The number of hydrogen-bond donors (Lipinski definition) is 3. The number of pyridine rings is 1. The Morgan fingerprint density at radius 3 is 2.70 bits per heavy atom. The first-order valence-electron chi connectivity index (χ1n) is 11.5. The van der Waals surface area contributed by atoms with Crippen LogP contribution >= 0.6 is 0 Å². The van der Waals surface area contributed by atoms with Crippen molar-refractivity contribution in [3.05, 3.63) is 35.2 Å². The molecule has 3 N–H and O–H groups in total. The number of aryl methyl sites for hydroxylation is 1. The van der Waals surface area contributed by atoms with Crippen molar-refractivity contribution < 1.29 is 4.79 Å². The van der Waals surface area contributed by atoms with E-state index < -0.39 is 0 Å². The van der Waals surface area contributed by atoms with Crippen LogP contribution in [0, 0.1) is 18.3 Å². The Hall–Kier alpha value is -3.60. The summed E-state index contributed by atoms with van der Waals surface area (Å²) in [5, 5.41) is 23.1. The largest absolute Gasteiger partial charge is 0.367 e. The van der Waals surface area contributed by atoms with Crippen molar-refractivity contribution in [3.8, 4) is 6.07 Å². The number of anilines is 3. The van der Waals surface area contributed by atoms with Crippen LogP contribution in [0.15, 0.2) is 18.3 Å². The topological polar surface area (TPSA) is 113 Å². The lowest BCUT2D eigenvalue weighted by Crippen LogP contribution is -2.47. The van der Waals surface area contributed by atoms with E-state index in [1.165, 1.54) is 12.8 Å². The van der Waals surface area contributed by atoms with E-state index in [0.29, 0.717) is 35.8 Å². The van der Waals surface area contributed by atoms with Gasteiger partial charge in [-0.05, 0) is 44.7 Å². The van der Waals surface area contributed by atoms with E-state index in [0.717, 1.165) is 42.0 Å². The molecule has 0 spiro atoms. The van der Waals surface area contributed by atoms with E-state index in [1.807, 2.05) is 38.4 Å². The van der Waals surface area contributed by atoms with Gasteiger partial charge in [0, 0.05) is 67.2 Å². The van der Waals surface area contributed by atoms with Crippen molar-refractivity contribution in [1.82, 2.24) is 25.0 Å². The van der Waals surface area contributed by atoms with E-state index in [4.69, 9.17) is 10.2 Å². The number of rotatable bonds is 6. The van der Waals surface area contributed by atoms with Gasteiger partial charge in [0.1, 0.15) is 17.3 Å². The Kier molecular flexibility index (Phi) is 5.63. The number of nitrogens with one attached hydrogen (secondary N) is 3. The molecule has 3 aliphatic rings. The molecule has 2 aromatic rings. The first-order chi connectivity index (χ1) is 16.1. The summed E-state index contributed by atoms with van der Waals surface area (Å²) < 4.78 is 0. The summed E-state index contributed by atoms with van der Waals surface area (Å²) in [6.45, 7) is 2.80. The number of hydrogen-bond acceptors (Lipinski definition) is 8. The Morgan fingerprint density at radius 2 is 2.03 bits per heavy atom. The first-order valence-corrected chi connectivity index (χ1v) is 11.5. The molecule has 3 aliphatic heterocycles. The first kappa shape index (κ1) is 21.3. The molecule has 9 nitrogen and oxygen atoms in total. The van der Waals surface area contributed by atoms with Gasteiger partial charge >= 0.3 is 0 Å². The van der Waals surface area contributed by atoms with Crippen molar-refractivity contribution in [2.24, 2.45) is 0 Å². The number of H-pyrrole nitrogens is 1. The van der Waals surface area contributed by atoms with Gasteiger partial charge in [0.25, 0.3) is 0 Å². The van der Waals surface area contributed by atoms with Crippen molar-refractivity contribution >= 4 is 35.2 Å². The average molecular weight is 445 g/mol. The van der Waals surface area contributed by atoms with Crippen LogP contribution in [0.1, 0.15) is 48.9 Å². The molecule has 2 bridgehead atoms. The van der Waals surface area contributed by atoms with Gasteiger partial charge in [-0.3, -0.25) is 10.00 Å².